The molecule has 1 fully saturated rings. The zero-order chi connectivity index (χ0) is 16.7. The van der Waals surface area contributed by atoms with Crippen LogP contribution >= 0.6 is 0 Å². The highest BCUT2D eigenvalue weighted by Gasteiger charge is 2.39. The first-order chi connectivity index (χ1) is 11.6. The van der Waals surface area contributed by atoms with Crippen molar-refractivity contribution in [1.29, 1.82) is 0 Å². The van der Waals surface area contributed by atoms with Crippen LogP contribution in [0.1, 0.15) is 18.0 Å². The molecule has 2 aromatic carbocycles. The molecule has 0 radical (unpaired) electrons. The molecule has 7 heteroatoms. The predicted octanol–water partition coefficient (Wildman–Crippen LogP) is 2.15. The van der Waals surface area contributed by atoms with Crippen LogP contribution in [0.3, 0.4) is 0 Å². The minimum Gasteiger partial charge on any atom is -0.482 e. The van der Waals surface area contributed by atoms with Gasteiger partial charge in [0, 0.05) is 6.54 Å². The van der Waals surface area contributed by atoms with Crippen molar-refractivity contribution in [2.75, 3.05) is 18.5 Å². The maximum atomic E-state index is 12.9. The lowest BCUT2D eigenvalue weighted by Crippen LogP contribution is -2.45. The van der Waals surface area contributed by atoms with Gasteiger partial charge in [-0.25, -0.2) is 8.42 Å². The molecule has 2 aliphatic heterocycles. The fraction of sp³-hybridized carbons (Fsp3) is 0.235. The summed E-state index contributed by atoms with van der Waals surface area (Å²) in [5.74, 6) is 0.194. The quantitative estimate of drug-likeness (QED) is 0.926. The average molecular weight is 344 g/mol. The van der Waals surface area contributed by atoms with Crippen molar-refractivity contribution in [2.45, 2.75) is 17.4 Å². The number of carbonyl (C=O) groups is 1. The molecule has 2 heterocycles. The van der Waals surface area contributed by atoms with Crippen molar-refractivity contribution in [3.8, 4) is 5.75 Å². The van der Waals surface area contributed by atoms with Gasteiger partial charge in [-0.05, 0) is 30.2 Å². The van der Waals surface area contributed by atoms with E-state index in [4.69, 9.17) is 4.74 Å². The van der Waals surface area contributed by atoms with E-state index in [0.717, 1.165) is 12.0 Å². The van der Waals surface area contributed by atoms with Gasteiger partial charge in [-0.15, -0.1) is 0 Å². The van der Waals surface area contributed by atoms with Gasteiger partial charge in [0.2, 0.25) is 10.0 Å². The number of ether oxygens (including phenoxy) is 1. The van der Waals surface area contributed by atoms with Crippen LogP contribution in [-0.4, -0.2) is 31.8 Å². The second kappa shape index (κ2) is 5.61. The molecular weight excluding hydrogens is 328 g/mol. The number of anilines is 1. The number of carbonyl (C=O) groups excluding carboxylic acids is 1. The Morgan fingerprint density at radius 2 is 1.92 bits per heavy atom. The van der Waals surface area contributed by atoms with E-state index in [1.807, 2.05) is 30.3 Å². The lowest BCUT2D eigenvalue weighted by atomic mass is 9.98. The standard InChI is InChI=1S/C17H16N2O4S/c20-17-11-23-16-7-6-13(10-14(16)18-17)24(21,22)19-9-8-15(19)12-4-2-1-3-5-12/h1-7,10,15H,8-9,11H2,(H,18,20). The number of amides is 1. The molecule has 0 spiro atoms. The normalized spacial score (nSPS) is 20.5. The van der Waals surface area contributed by atoms with E-state index in [-0.39, 0.29) is 23.5 Å². The van der Waals surface area contributed by atoms with Gasteiger partial charge in [-0.3, -0.25) is 4.79 Å². The first-order valence-electron chi connectivity index (χ1n) is 7.69. The number of nitrogens with zero attached hydrogens (tertiary/aromatic N) is 1. The van der Waals surface area contributed by atoms with Crippen molar-refractivity contribution in [3.63, 3.8) is 0 Å². The molecule has 0 aliphatic carbocycles. The van der Waals surface area contributed by atoms with E-state index >= 15 is 0 Å². The molecule has 124 valence electrons. The van der Waals surface area contributed by atoms with E-state index in [0.29, 0.717) is 18.0 Å². The Labute approximate surface area is 140 Å². The van der Waals surface area contributed by atoms with Gasteiger partial charge < -0.3 is 10.1 Å². The summed E-state index contributed by atoms with van der Waals surface area (Å²) in [6.07, 6.45) is 0.800. The molecule has 0 saturated carbocycles. The number of sulfonamides is 1. The zero-order valence-electron chi connectivity index (χ0n) is 12.8. The second-order valence-corrected chi connectivity index (χ2v) is 7.72. The first-order valence-corrected chi connectivity index (χ1v) is 9.13. The van der Waals surface area contributed by atoms with E-state index in [9.17, 15) is 13.2 Å². The van der Waals surface area contributed by atoms with Crippen LogP contribution in [0, 0.1) is 0 Å². The van der Waals surface area contributed by atoms with Crippen LogP contribution in [0.5, 0.6) is 5.75 Å². The van der Waals surface area contributed by atoms with Crippen LogP contribution < -0.4 is 10.1 Å². The van der Waals surface area contributed by atoms with E-state index < -0.39 is 10.0 Å². The molecule has 24 heavy (non-hydrogen) atoms. The van der Waals surface area contributed by atoms with Gasteiger partial charge >= 0.3 is 0 Å². The van der Waals surface area contributed by atoms with E-state index in [1.165, 1.54) is 16.4 Å². The summed E-state index contributed by atoms with van der Waals surface area (Å²) in [5.41, 5.74) is 1.38. The van der Waals surface area contributed by atoms with Crippen molar-refractivity contribution >= 4 is 21.6 Å². The maximum Gasteiger partial charge on any atom is 0.262 e. The van der Waals surface area contributed by atoms with Gasteiger partial charge in [0.25, 0.3) is 5.91 Å². The minimum atomic E-state index is -3.62. The lowest BCUT2D eigenvalue weighted by molar-refractivity contribution is -0.118. The van der Waals surface area contributed by atoms with Crippen molar-refractivity contribution in [1.82, 2.24) is 4.31 Å². The van der Waals surface area contributed by atoms with E-state index in [2.05, 4.69) is 5.32 Å². The number of fused-ring (bicyclic) bond motifs is 1. The smallest absolute Gasteiger partial charge is 0.262 e. The number of benzene rings is 2. The Hall–Kier alpha value is -2.38. The molecule has 1 saturated heterocycles. The highest BCUT2D eigenvalue weighted by molar-refractivity contribution is 7.89. The Morgan fingerprint density at radius 3 is 2.62 bits per heavy atom. The van der Waals surface area contributed by atoms with Crippen LogP contribution in [0.2, 0.25) is 0 Å². The van der Waals surface area contributed by atoms with Crippen molar-refractivity contribution in [3.05, 3.63) is 54.1 Å². The van der Waals surface area contributed by atoms with Crippen molar-refractivity contribution in [2.24, 2.45) is 0 Å². The third-order valence-electron chi connectivity index (χ3n) is 4.35. The molecule has 1 atom stereocenters. The summed E-state index contributed by atoms with van der Waals surface area (Å²) in [6, 6.07) is 14.0. The largest absolute Gasteiger partial charge is 0.482 e. The Balaban J connectivity index is 1.66. The highest BCUT2D eigenvalue weighted by Crippen LogP contribution is 2.39. The highest BCUT2D eigenvalue weighted by atomic mass is 32.2. The van der Waals surface area contributed by atoms with E-state index in [1.54, 1.807) is 6.07 Å². The number of hydrogen-bond acceptors (Lipinski definition) is 4. The Kier molecular flexibility index (Phi) is 3.54. The Morgan fingerprint density at radius 1 is 1.12 bits per heavy atom. The van der Waals surface area contributed by atoms with Gasteiger partial charge in [0.15, 0.2) is 6.61 Å². The van der Waals surface area contributed by atoms with Crippen LogP contribution in [0.15, 0.2) is 53.4 Å². The minimum absolute atomic E-state index is 0.0543. The first kappa shape index (κ1) is 15.2. The summed E-state index contributed by atoms with van der Waals surface area (Å²) in [6.45, 7) is 0.434. The fourth-order valence-corrected chi connectivity index (χ4v) is 4.70. The summed E-state index contributed by atoms with van der Waals surface area (Å²) in [7, 11) is -3.62. The summed E-state index contributed by atoms with van der Waals surface area (Å²) in [5, 5.41) is 2.64. The molecule has 4 rings (SSSR count). The van der Waals surface area contributed by atoms with Crippen molar-refractivity contribution < 1.29 is 17.9 Å². The monoisotopic (exact) mass is 344 g/mol. The molecule has 2 aliphatic rings. The van der Waals surface area contributed by atoms with Crippen LogP contribution in [-0.2, 0) is 14.8 Å². The molecule has 0 aromatic heterocycles. The summed E-state index contributed by atoms with van der Waals surface area (Å²) in [4.78, 5) is 11.6. The van der Waals surface area contributed by atoms with Gasteiger partial charge in [-0.1, -0.05) is 30.3 Å². The molecule has 1 N–H and O–H groups in total. The SMILES string of the molecule is O=C1COc2ccc(S(=O)(=O)N3CCC3c3ccccc3)cc2N1. The number of hydrogen-bond donors (Lipinski definition) is 1. The second-order valence-electron chi connectivity index (χ2n) is 5.83. The lowest BCUT2D eigenvalue weighted by Gasteiger charge is -2.40. The van der Waals surface area contributed by atoms with Crippen LogP contribution in [0.25, 0.3) is 0 Å². The number of rotatable bonds is 3. The molecular formula is C17H16N2O4S. The molecule has 1 unspecified atom stereocenters. The predicted molar refractivity (Wildman–Crippen MR) is 88.3 cm³/mol. The van der Waals surface area contributed by atoms with Gasteiger partial charge in [-0.2, -0.15) is 4.31 Å². The molecule has 6 nitrogen and oxygen atoms in total. The summed E-state index contributed by atoms with van der Waals surface area (Å²) < 4.78 is 32.6. The average Bonchev–Trinajstić information content (AvgIpc) is 2.53. The fourth-order valence-electron chi connectivity index (χ4n) is 3.02. The molecule has 1 amide bonds. The topological polar surface area (TPSA) is 75.7 Å². The Bertz CT molecular complexity index is 896. The summed E-state index contributed by atoms with van der Waals surface area (Å²) >= 11 is 0. The van der Waals surface area contributed by atoms with Crippen LogP contribution in [0.4, 0.5) is 5.69 Å². The third kappa shape index (κ3) is 2.46. The van der Waals surface area contributed by atoms with Gasteiger partial charge in [0.1, 0.15) is 5.75 Å². The molecule has 0 bridgehead atoms. The maximum absolute atomic E-state index is 12.9. The number of nitrogens with one attached hydrogen (secondary N) is 1. The van der Waals surface area contributed by atoms with Gasteiger partial charge in [0.05, 0.1) is 16.6 Å². The third-order valence-corrected chi connectivity index (χ3v) is 6.25. The molecule has 2 aromatic rings. The zero-order valence-corrected chi connectivity index (χ0v) is 13.6.